The van der Waals surface area contributed by atoms with Crippen LogP contribution in [0, 0.1) is 156 Å². The Labute approximate surface area is 650 Å². The zero-order valence-electron chi connectivity index (χ0n) is 63.6. The largest absolute Gasteiger partial charge is 0.390 e. The first-order chi connectivity index (χ1) is 50.0. The fourth-order valence-corrected chi connectivity index (χ4v) is 27.8. The van der Waals surface area contributed by atoms with Gasteiger partial charge in [0.15, 0.2) is 46.5 Å². The van der Waals surface area contributed by atoms with Gasteiger partial charge in [-0.2, -0.15) is 30.4 Å². The number of carbonyl (C=O) groups excluding carboxylic acids is 3. The van der Waals surface area contributed by atoms with Crippen molar-refractivity contribution >= 4 is 66.4 Å². The number of nitrogens with one attached hydrogen (secondary N) is 1. The molecular weight excluding hydrogens is 1460 g/mol. The molecule has 15 nitrogen and oxygen atoms in total. The molecule has 3 aromatic heterocycles. The Morgan fingerprint density at radius 2 is 0.725 bits per heavy atom. The van der Waals surface area contributed by atoms with Crippen molar-refractivity contribution in [2.75, 3.05) is 5.33 Å². The summed E-state index contributed by atoms with van der Waals surface area (Å²) in [5.41, 5.74) is 1.57. The summed E-state index contributed by atoms with van der Waals surface area (Å²) in [5, 5.41) is 58.5. The van der Waals surface area contributed by atoms with Crippen molar-refractivity contribution in [1.82, 2.24) is 45.4 Å². The number of carbonyl (C=O) groups is 3. The van der Waals surface area contributed by atoms with E-state index in [0.717, 1.165) is 157 Å². The third-order valence-corrected chi connectivity index (χ3v) is 33.7. The number of rotatable bonds is 8. The molecule has 3 heterocycles. The highest BCUT2D eigenvalue weighted by atomic mass is 79.9. The van der Waals surface area contributed by atoms with Crippen LogP contribution in [0.15, 0.2) is 36.4 Å². The van der Waals surface area contributed by atoms with Crippen LogP contribution in [0.1, 0.15) is 258 Å². The lowest BCUT2D eigenvalue weighted by Gasteiger charge is -2.61. The lowest BCUT2D eigenvalue weighted by atomic mass is 9.44. The van der Waals surface area contributed by atoms with Gasteiger partial charge in [0.25, 0.3) is 0 Å². The van der Waals surface area contributed by atoms with Crippen LogP contribution in [0.3, 0.4) is 0 Å². The van der Waals surface area contributed by atoms with Crippen LogP contribution < -0.4 is 0 Å². The first kappa shape index (κ1) is 83.2. The molecule has 12 fully saturated rings. The molecule has 18 rings (SSSR count). The van der Waals surface area contributed by atoms with Gasteiger partial charge in [0.05, 0.1) is 27.6 Å². The standard InChI is InChI=1S/2C28H37F2N3O2.C22H35BrO2.C6H3F2N3.3CH4/c1-26(35)10-11-27(2)16(14-26)4-5-17-18-6-7-20(28(18,3)9-8-19(17)27)25(34)15-33-24-13-22(30)21(29)12-23(24)31-32-33;1-26(35)10-11-27(2)16(14-26)4-5-17-18-6-7-20(28(18,3)9-8-19(17)27)25(34)15-33-31-23-12-21(29)22(30)13-24(23)32-33;1-20(25)10-11-21(2)14(12-20)4-5-15-16-6-7-18(19(24)13-23)22(16,3)9-8-17(15)21;7-3-1-5-6(2-4(3)8)10-11-9-5;;;/h2*12-13,16-20,35H,4-11,14-15H2,1-3H3;14-18,25H,4-13H2,1-3H3;1-2H,(H,9,10,11);3*1H4/t2*16-,17+,18+,19+,20-,26-,27+,28+;14-,15+,16+,17+,18-,20-,21+,22+;;;;/m111..../s1. The summed E-state index contributed by atoms with van der Waals surface area (Å²) in [6.07, 6.45) is 29.8. The Hall–Kier alpha value is -5.19. The highest BCUT2D eigenvalue weighted by Crippen LogP contribution is 2.72. The van der Waals surface area contributed by atoms with Gasteiger partial charge in [-0.15, -0.1) is 5.10 Å². The third kappa shape index (κ3) is 14.6. The SMILES string of the molecule is C.C.C.C[C@@]1(O)CC[C@@]2(C)[C@H](CC[C@@H]3[C@@H]2CC[C@]2(C)[C@@H](C(=O)CBr)CC[C@@H]32)C1.C[C@@]1(O)CC[C@@]2(C)[C@H](CC[C@@H]3[C@@H]2CC[C@]2(C)[C@@H](C(=O)Cn4nc5cc(F)c(F)cc5n4)CC[C@@H]32)C1.C[C@@]1(O)CC[C@@]2(C)[C@H](CC[C@@H]3[C@@H]2CC[C@]2(C)[C@@H](C(=O)Cn4nnc5cc(F)c(F)cc54)CC[C@@H]32)C1.Fc1cc2n[nH]nc2cc1F. The van der Waals surface area contributed by atoms with E-state index in [1.165, 1.54) is 80.1 Å². The molecule has 12 aliphatic carbocycles. The maximum atomic E-state index is 13.8. The van der Waals surface area contributed by atoms with Crippen LogP contribution in [0.2, 0.25) is 0 Å². The number of aromatic amines is 1. The van der Waals surface area contributed by atoms with Crippen molar-refractivity contribution in [3.8, 4) is 0 Å². The quantitative estimate of drug-likeness (QED) is 0.0827. The lowest BCUT2D eigenvalue weighted by molar-refractivity contribution is -0.151. The van der Waals surface area contributed by atoms with Gasteiger partial charge in [-0.25, -0.2) is 31.0 Å². The number of aliphatic hydroxyl groups is 3. The van der Waals surface area contributed by atoms with Gasteiger partial charge in [0.2, 0.25) is 0 Å². The molecule has 0 radical (unpaired) electrons. The highest BCUT2D eigenvalue weighted by molar-refractivity contribution is 9.09. The summed E-state index contributed by atoms with van der Waals surface area (Å²) in [5.74, 6) is 3.39. The number of ketones is 3. The molecule has 3 aromatic carbocycles. The minimum absolute atomic E-state index is 0. The molecule has 0 amide bonds. The van der Waals surface area contributed by atoms with Gasteiger partial charge in [-0.05, 0) is 298 Å². The average molecular weight is 1590 g/mol. The summed E-state index contributed by atoms with van der Waals surface area (Å²) in [7, 11) is 0. The number of Topliss-reactive ketones (excluding diaryl/α,β-unsaturated/α-hetero) is 3. The predicted octanol–water partition coefficient (Wildman–Crippen LogP) is 19.9. The summed E-state index contributed by atoms with van der Waals surface area (Å²) in [6, 6.07) is 6.18. The number of H-pyrrole nitrogens is 1. The molecule has 0 spiro atoms. The van der Waals surface area contributed by atoms with Crippen molar-refractivity contribution in [2.24, 2.45) is 121 Å². The third-order valence-electron chi connectivity index (χ3n) is 33.1. The first-order valence-corrected chi connectivity index (χ1v) is 41.5. The average Bonchev–Trinajstić information content (AvgIpc) is 1.69. The number of hydrogen-bond donors (Lipinski definition) is 4. The number of benzene rings is 3. The molecule has 12 aliphatic rings. The molecule has 12 saturated carbocycles. The van der Waals surface area contributed by atoms with Crippen LogP contribution >= 0.6 is 15.9 Å². The second-order valence-electron chi connectivity index (χ2n) is 38.7. The van der Waals surface area contributed by atoms with E-state index >= 15 is 0 Å². The summed E-state index contributed by atoms with van der Waals surface area (Å²) in [4.78, 5) is 41.0. The van der Waals surface area contributed by atoms with E-state index in [-0.39, 0.29) is 97.5 Å². The smallest absolute Gasteiger partial charge is 0.161 e. The number of alkyl halides is 1. The molecule has 602 valence electrons. The molecule has 22 heteroatoms. The minimum atomic E-state index is -0.955. The Balaban J connectivity index is 0.000000142. The zero-order valence-corrected chi connectivity index (χ0v) is 65.2. The van der Waals surface area contributed by atoms with Gasteiger partial charge in [-0.3, -0.25) is 14.4 Å². The van der Waals surface area contributed by atoms with Gasteiger partial charge in [0, 0.05) is 54.2 Å². The topological polar surface area (TPSA) is 215 Å². The van der Waals surface area contributed by atoms with E-state index in [2.05, 4.69) is 93.4 Å². The maximum absolute atomic E-state index is 13.8. The first-order valence-electron chi connectivity index (χ1n) is 40.4. The summed E-state index contributed by atoms with van der Waals surface area (Å²) in [6.45, 7) is 20.8. The molecule has 0 unspecified atom stereocenters. The Kier molecular flexibility index (Phi) is 23.1. The normalized spacial score (nSPS) is 41.3. The van der Waals surface area contributed by atoms with E-state index in [4.69, 9.17) is 0 Å². The van der Waals surface area contributed by atoms with Crippen molar-refractivity contribution in [2.45, 2.75) is 288 Å². The number of halogens is 7. The fraction of sp³-hybridized carbons (Fsp3) is 0.759. The van der Waals surface area contributed by atoms with Gasteiger partial charge >= 0.3 is 0 Å². The summed E-state index contributed by atoms with van der Waals surface area (Å²) >= 11 is 3.43. The van der Waals surface area contributed by atoms with Crippen LogP contribution in [-0.2, 0) is 27.5 Å². The lowest BCUT2D eigenvalue weighted by Crippen LogP contribution is -2.55. The number of nitrogens with zero attached hydrogens (tertiary/aromatic N) is 8. The van der Waals surface area contributed by atoms with Crippen molar-refractivity contribution < 1.29 is 56.0 Å². The van der Waals surface area contributed by atoms with E-state index in [1.54, 1.807) is 0 Å². The molecule has 4 N–H and O–H groups in total. The van der Waals surface area contributed by atoms with E-state index < -0.39 is 51.7 Å². The Bertz CT molecular complexity index is 4270. The van der Waals surface area contributed by atoms with Crippen molar-refractivity contribution in [3.63, 3.8) is 0 Å². The Morgan fingerprint density at radius 3 is 1.09 bits per heavy atom. The second kappa shape index (κ2) is 30.2. The predicted molar refractivity (Wildman–Crippen MR) is 415 cm³/mol. The van der Waals surface area contributed by atoms with E-state index in [0.29, 0.717) is 97.2 Å². The molecule has 0 bridgehead atoms. The molecular formula is C87H124BrF6N9O6. The second-order valence-corrected chi connectivity index (χ2v) is 39.3. The molecule has 24 atom stereocenters. The summed E-state index contributed by atoms with van der Waals surface area (Å²) < 4.78 is 80.9. The zero-order chi connectivity index (χ0) is 75.4. The van der Waals surface area contributed by atoms with Crippen LogP contribution in [0.5, 0.6) is 0 Å². The van der Waals surface area contributed by atoms with Crippen LogP contribution in [-0.4, -0.2) is 100 Å². The number of aromatic nitrogens is 9. The Morgan fingerprint density at radius 1 is 0.404 bits per heavy atom. The van der Waals surface area contributed by atoms with Crippen LogP contribution in [0.25, 0.3) is 33.1 Å². The van der Waals surface area contributed by atoms with Gasteiger partial charge < -0.3 is 15.3 Å². The van der Waals surface area contributed by atoms with Crippen molar-refractivity contribution in [1.29, 1.82) is 0 Å². The van der Waals surface area contributed by atoms with Gasteiger partial charge in [-0.1, -0.05) is 85.0 Å². The molecule has 0 aliphatic heterocycles. The highest BCUT2D eigenvalue weighted by Gasteiger charge is 2.66. The van der Waals surface area contributed by atoms with Crippen LogP contribution in [0.4, 0.5) is 26.3 Å². The van der Waals surface area contributed by atoms with Gasteiger partial charge in [0.1, 0.15) is 46.5 Å². The molecule has 0 saturated heterocycles. The number of fused-ring (bicyclic) bond motifs is 18. The molecule has 6 aromatic rings. The molecule has 109 heavy (non-hydrogen) atoms. The van der Waals surface area contributed by atoms with E-state index in [1.807, 2.05) is 20.8 Å². The van der Waals surface area contributed by atoms with E-state index in [9.17, 15) is 56.0 Å². The number of hydrogen-bond acceptors (Lipinski definition) is 12. The monoisotopic (exact) mass is 1580 g/mol. The van der Waals surface area contributed by atoms with Crippen molar-refractivity contribution in [3.05, 3.63) is 71.3 Å². The minimum Gasteiger partial charge on any atom is -0.390 e. The fourth-order valence-electron chi connectivity index (χ4n) is 27.4. The maximum Gasteiger partial charge on any atom is 0.161 e.